The van der Waals surface area contributed by atoms with E-state index in [4.69, 9.17) is 0 Å². The van der Waals surface area contributed by atoms with Gasteiger partial charge in [0.25, 0.3) is 0 Å². The third-order valence-electron chi connectivity index (χ3n) is 2.79. The second-order valence-electron chi connectivity index (χ2n) is 4.28. The summed E-state index contributed by atoms with van der Waals surface area (Å²) >= 11 is 4.65. The summed E-state index contributed by atoms with van der Waals surface area (Å²) in [5, 5.41) is 1.84. The Labute approximate surface area is 130 Å². The minimum Gasteiger partial charge on any atom is -0.293 e. The van der Waals surface area contributed by atoms with Crippen molar-refractivity contribution in [3.8, 4) is 0 Å². The summed E-state index contributed by atoms with van der Waals surface area (Å²) in [7, 11) is -3.31. The van der Waals surface area contributed by atoms with Crippen molar-refractivity contribution in [3.05, 3.63) is 51.1 Å². The van der Waals surface area contributed by atoms with E-state index < -0.39 is 9.84 Å². The molecule has 0 aliphatic carbocycles. The Hall–Kier alpha value is -0.980. The predicted octanol–water partition coefficient (Wildman–Crippen LogP) is 3.95. The molecule has 106 valence electrons. The molecule has 0 atom stereocenters. The van der Waals surface area contributed by atoms with E-state index in [2.05, 4.69) is 15.9 Å². The highest BCUT2D eigenvalue weighted by Gasteiger charge is 2.15. The first kappa shape index (κ1) is 15.4. The van der Waals surface area contributed by atoms with Gasteiger partial charge in [0.15, 0.2) is 15.6 Å². The third-order valence-corrected chi connectivity index (χ3v) is 6.04. The number of thiophene rings is 1. The maximum absolute atomic E-state index is 12.1. The molecule has 0 saturated carbocycles. The molecule has 3 nitrogen and oxygen atoms in total. The van der Waals surface area contributed by atoms with Crippen LogP contribution in [0.15, 0.2) is 51.1 Å². The van der Waals surface area contributed by atoms with Crippen LogP contribution in [0.25, 0.3) is 0 Å². The maximum Gasteiger partial charge on any atom is 0.178 e. The highest BCUT2D eigenvalue weighted by molar-refractivity contribution is 9.10. The maximum atomic E-state index is 12.1. The highest BCUT2D eigenvalue weighted by atomic mass is 79.9. The molecule has 20 heavy (non-hydrogen) atoms. The zero-order valence-electron chi connectivity index (χ0n) is 10.6. The van der Waals surface area contributed by atoms with Crippen molar-refractivity contribution in [3.63, 3.8) is 0 Å². The van der Waals surface area contributed by atoms with Crippen LogP contribution in [0.3, 0.4) is 0 Å². The molecule has 0 unspecified atom stereocenters. The number of Topliss-reactive ketones (excluding diaryl/α,β-unsaturated/α-hetero) is 1. The fraction of sp³-hybridized carbons (Fsp3) is 0.214. The van der Waals surface area contributed by atoms with Crippen molar-refractivity contribution in [2.24, 2.45) is 0 Å². The number of rotatable bonds is 6. The minimum absolute atomic E-state index is 0.00556. The number of carbonyl (C=O) groups is 1. The molecule has 6 heteroatoms. The summed E-state index contributed by atoms with van der Waals surface area (Å²) in [6.45, 7) is 0. The van der Waals surface area contributed by atoms with Crippen molar-refractivity contribution < 1.29 is 13.2 Å². The number of carbonyl (C=O) groups excluding carboxylic acids is 1. The number of sulfone groups is 1. The van der Waals surface area contributed by atoms with Gasteiger partial charge in [0.1, 0.15) is 0 Å². The molecular formula is C14H13BrO3S2. The second kappa shape index (κ2) is 6.65. The first-order valence-corrected chi connectivity index (χ1v) is 9.36. The van der Waals surface area contributed by atoms with Gasteiger partial charge in [-0.1, -0.05) is 22.0 Å². The van der Waals surface area contributed by atoms with E-state index >= 15 is 0 Å². The molecule has 0 bridgehead atoms. The van der Waals surface area contributed by atoms with E-state index in [1.807, 2.05) is 11.4 Å². The van der Waals surface area contributed by atoms with Crippen LogP contribution in [-0.2, 0) is 9.84 Å². The third kappa shape index (κ3) is 4.01. The van der Waals surface area contributed by atoms with Gasteiger partial charge in [0, 0.05) is 10.9 Å². The van der Waals surface area contributed by atoms with E-state index in [9.17, 15) is 13.2 Å². The van der Waals surface area contributed by atoms with E-state index in [0.717, 1.165) is 4.47 Å². The smallest absolute Gasteiger partial charge is 0.178 e. The molecular weight excluding hydrogens is 360 g/mol. The van der Waals surface area contributed by atoms with Crippen LogP contribution in [0.2, 0.25) is 0 Å². The highest BCUT2D eigenvalue weighted by Crippen LogP contribution is 2.18. The van der Waals surface area contributed by atoms with E-state index in [1.165, 1.54) is 11.3 Å². The van der Waals surface area contributed by atoms with Crippen LogP contribution in [0.4, 0.5) is 0 Å². The summed E-state index contributed by atoms with van der Waals surface area (Å²) in [6, 6.07) is 10.1. The number of hydrogen-bond acceptors (Lipinski definition) is 4. The molecule has 1 aromatic carbocycles. The molecule has 0 amide bonds. The van der Waals surface area contributed by atoms with Gasteiger partial charge < -0.3 is 0 Å². The Balaban J connectivity index is 1.93. The molecule has 0 saturated heterocycles. The lowest BCUT2D eigenvalue weighted by Crippen LogP contribution is -2.08. The average molecular weight is 373 g/mol. The van der Waals surface area contributed by atoms with Crippen LogP contribution >= 0.6 is 27.3 Å². The molecule has 0 fully saturated rings. The zero-order valence-corrected chi connectivity index (χ0v) is 13.8. The van der Waals surface area contributed by atoms with Gasteiger partial charge in [-0.25, -0.2) is 8.42 Å². The fourth-order valence-electron chi connectivity index (χ4n) is 1.74. The topological polar surface area (TPSA) is 51.2 Å². The molecule has 0 spiro atoms. The van der Waals surface area contributed by atoms with Crippen molar-refractivity contribution in [2.75, 3.05) is 5.75 Å². The largest absolute Gasteiger partial charge is 0.293 e. The Bertz CT molecular complexity index is 674. The Morgan fingerprint density at radius 1 is 1.15 bits per heavy atom. The fourth-order valence-corrected chi connectivity index (χ4v) is 4.01. The van der Waals surface area contributed by atoms with Gasteiger partial charge in [-0.15, -0.1) is 11.3 Å². The Kier molecular flexibility index (Phi) is 5.12. The summed E-state index contributed by atoms with van der Waals surface area (Å²) in [5.41, 5.74) is 0. The zero-order chi connectivity index (χ0) is 14.6. The first-order chi connectivity index (χ1) is 9.49. The van der Waals surface area contributed by atoms with Crippen molar-refractivity contribution >= 4 is 42.9 Å². The van der Waals surface area contributed by atoms with Crippen LogP contribution in [0.5, 0.6) is 0 Å². The van der Waals surface area contributed by atoms with Gasteiger partial charge in [0.2, 0.25) is 0 Å². The van der Waals surface area contributed by atoms with Crippen LogP contribution in [0, 0.1) is 0 Å². The van der Waals surface area contributed by atoms with Gasteiger partial charge >= 0.3 is 0 Å². The number of hydrogen-bond donors (Lipinski definition) is 0. The SMILES string of the molecule is O=C(CCCS(=O)(=O)c1ccc(Br)cc1)c1cccs1. The molecule has 2 rings (SSSR count). The molecule has 0 aliphatic rings. The number of halogens is 1. The summed E-state index contributed by atoms with van der Waals surface area (Å²) < 4.78 is 25.0. The Morgan fingerprint density at radius 3 is 2.45 bits per heavy atom. The van der Waals surface area contributed by atoms with Gasteiger partial charge in [-0.2, -0.15) is 0 Å². The van der Waals surface area contributed by atoms with Gasteiger partial charge in [-0.3, -0.25) is 4.79 Å². The molecule has 2 aromatic rings. The average Bonchev–Trinajstić information content (AvgIpc) is 2.93. The predicted molar refractivity (Wildman–Crippen MR) is 84.1 cm³/mol. The van der Waals surface area contributed by atoms with E-state index in [-0.39, 0.29) is 18.0 Å². The van der Waals surface area contributed by atoms with E-state index in [0.29, 0.717) is 16.2 Å². The lowest BCUT2D eigenvalue weighted by molar-refractivity contribution is 0.0986. The van der Waals surface area contributed by atoms with Crippen LogP contribution < -0.4 is 0 Å². The van der Waals surface area contributed by atoms with Crippen LogP contribution in [-0.4, -0.2) is 20.0 Å². The minimum atomic E-state index is -3.31. The second-order valence-corrected chi connectivity index (χ2v) is 8.25. The summed E-state index contributed by atoms with van der Waals surface area (Å²) in [6.07, 6.45) is 0.603. The van der Waals surface area contributed by atoms with Crippen LogP contribution in [0.1, 0.15) is 22.5 Å². The number of ketones is 1. The van der Waals surface area contributed by atoms with Gasteiger partial charge in [-0.05, 0) is 42.1 Å². The Morgan fingerprint density at radius 2 is 1.85 bits per heavy atom. The lowest BCUT2D eigenvalue weighted by Gasteiger charge is -2.04. The molecule has 0 N–H and O–H groups in total. The summed E-state index contributed by atoms with van der Waals surface area (Å²) in [5.74, 6) is -0.00263. The standard InChI is InChI=1S/C14H13BrO3S2/c15-11-5-7-12(8-6-11)20(17,18)10-2-3-13(16)14-4-1-9-19-14/h1,4-9H,2-3,10H2. The molecule has 1 heterocycles. The first-order valence-electron chi connectivity index (χ1n) is 6.04. The molecule has 0 radical (unpaired) electrons. The quantitative estimate of drug-likeness (QED) is 0.721. The normalized spacial score (nSPS) is 11.4. The lowest BCUT2D eigenvalue weighted by atomic mass is 10.2. The van der Waals surface area contributed by atoms with Crippen molar-refractivity contribution in [1.82, 2.24) is 0 Å². The molecule has 0 aliphatic heterocycles. The monoisotopic (exact) mass is 372 g/mol. The summed E-state index contributed by atoms with van der Waals surface area (Å²) in [4.78, 5) is 12.8. The van der Waals surface area contributed by atoms with E-state index in [1.54, 1.807) is 30.3 Å². The van der Waals surface area contributed by atoms with Crippen molar-refractivity contribution in [1.29, 1.82) is 0 Å². The van der Waals surface area contributed by atoms with Gasteiger partial charge in [0.05, 0.1) is 15.5 Å². The number of benzene rings is 1. The molecule has 1 aromatic heterocycles. The van der Waals surface area contributed by atoms with Crippen molar-refractivity contribution in [2.45, 2.75) is 17.7 Å².